The van der Waals surface area contributed by atoms with Crippen LogP contribution in [-0.4, -0.2) is 25.1 Å². The molecule has 4 heteroatoms. The maximum absolute atomic E-state index is 12.5. The first-order valence-electron chi connectivity index (χ1n) is 6.60. The van der Waals surface area contributed by atoms with Gasteiger partial charge in [-0.1, -0.05) is 30.3 Å². The number of hydrogen-bond donors (Lipinski definition) is 1. The van der Waals surface area contributed by atoms with E-state index in [2.05, 4.69) is 0 Å². The lowest BCUT2D eigenvalue weighted by atomic mass is 9.98. The van der Waals surface area contributed by atoms with Crippen LogP contribution in [0.15, 0.2) is 36.4 Å². The molecule has 2 rings (SSSR count). The molecular weight excluding hydrogens is 268 g/mol. The van der Waals surface area contributed by atoms with Crippen LogP contribution in [0.2, 0.25) is 0 Å². The van der Waals surface area contributed by atoms with Crippen LogP contribution in [0.25, 0.3) is 0 Å². The minimum atomic E-state index is -0.193. The zero-order valence-electron chi connectivity index (χ0n) is 12.3. The highest BCUT2D eigenvalue weighted by atomic mass is 16.5. The highest BCUT2D eigenvalue weighted by Gasteiger charge is 2.22. The molecular formula is C17H18O4. The number of phenolic OH excluding ortho intramolecular Hbond substituents is 1. The third-order valence-electron chi connectivity index (χ3n) is 3.40. The van der Waals surface area contributed by atoms with Crippen LogP contribution in [-0.2, 0) is 6.42 Å². The van der Waals surface area contributed by atoms with E-state index in [1.807, 2.05) is 30.3 Å². The topological polar surface area (TPSA) is 55.8 Å². The zero-order chi connectivity index (χ0) is 15.4. The number of carbonyl (C=O) groups is 1. The van der Waals surface area contributed by atoms with Gasteiger partial charge in [0, 0.05) is 18.1 Å². The Balaban J connectivity index is 2.43. The van der Waals surface area contributed by atoms with Gasteiger partial charge >= 0.3 is 0 Å². The van der Waals surface area contributed by atoms with Crippen molar-refractivity contribution in [1.82, 2.24) is 0 Å². The summed E-state index contributed by atoms with van der Waals surface area (Å²) in [7, 11) is 2.97. The van der Waals surface area contributed by atoms with E-state index < -0.39 is 0 Å². The predicted octanol–water partition coefficient (Wildman–Crippen LogP) is 3.14. The molecule has 0 radical (unpaired) electrons. The molecule has 0 aliphatic heterocycles. The number of methoxy groups -OCH3 is 2. The van der Waals surface area contributed by atoms with Crippen LogP contribution in [0.1, 0.15) is 21.5 Å². The molecule has 110 valence electrons. The summed E-state index contributed by atoms with van der Waals surface area (Å²) in [5.74, 6) is 0.518. The molecule has 2 aromatic rings. The van der Waals surface area contributed by atoms with E-state index in [1.54, 1.807) is 13.0 Å². The van der Waals surface area contributed by atoms with Gasteiger partial charge in [-0.2, -0.15) is 0 Å². The normalized spacial score (nSPS) is 10.2. The van der Waals surface area contributed by atoms with Crippen LogP contribution >= 0.6 is 0 Å². The van der Waals surface area contributed by atoms with Crippen molar-refractivity contribution in [3.05, 3.63) is 53.1 Å². The van der Waals surface area contributed by atoms with Gasteiger partial charge < -0.3 is 14.6 Å². The number of phenols is 1. The summed E-state index contributed by atoms with van der Waals surface area (Å²) in [6.07, 6.45) is 0.205. The Morgan fingerprint density at radius 3 is 2.29 bits per heavy atom. The highest BCUT2D eigenvalue weighted by molar-refractivity contribution is 6.03. The standard InChI is InChI=1S/C17H18O4/c1-11-14(20-2)10-15(21-3)16(17(11)19)13(18)9-12-7-5-4-6-8-12/h4-8,10,19H,9H2,1-3H3. The molecule has 2 aromatic carbocycles. The molecule has 0 heterocycles. The molecule has 0 spiro atoms. The van der Waals surface area contributed by atoms with Crippen LogP contribution in [0.4, 0.5) is 0 Å². The van der Waals surface area contributed by atoms with Gasteiger partial charge in [-0.3, -0.25) is 4.79 Å². The third kappa shape index (κ3) is 2.99. The lowest BCUT2D eigenvalue weighted by molar-refractivity contribution is 0.0987. The first-order chi connectivity index (χ1) is 10.1. The Bertz CT molecular complexity index is 648. The Labute approximate surface area is 123 Å². The fourth-order valence-corrected chi connectivity index (χ4v) is 2.23. The Morgan fingerprint density at radius 1 is 1.10 bits per heavy atom. The minimum Gasteiger partial charge on any atom is -0.507 e. The van der Waals surface area contributed by atoms with Crippen molar-refractivity contribution in [2.45, 2.75) is 13.3 Å². The first kappa shape index (κ1) is 14.9. The largest absolute Gasteiger partial charge is 0.507 e. The molecule has 1 N–H and O–H groups in total. The summed E-state index contributed by atoms with van der Waals surface area (Å²) in [4.78, 5) is 12.5. The number of rotatable bonds is 5. The fraction of sp³-hybridized carbons (Fsp3) is 0.235. The summed E-state index contributed by atoms with van der Waals surface area (Å²) in [6, 6.07) is 11.0. The second kappa shape index (κ2) is 6.31. The molecule has 0 aliphatic rings. The number of benzene rings is 2. The van der Waals surface area contributed by atoms with Crippen molar-refractivity contribution in [2.75, 3.05) is 14.2 Å². The van der Waals surface area contributed by atoms with E-state index in [0.29, 0.717) is 17.1 Å². The van der Waals surface area contributed by atoms with Crippen LogP contribution in [0.3, 0.4) is 0 Å². The van der Waals surface area contributed by atoms with Crippen molar-refractivity contribution in [3.8, 4) is 17.2 Å². The predicted molar refractivity (Wildman–Crippen MR) is 80.4 cm³/mol. The lowest BCUT2D eigenvalue weighted by Gasteiger charge is -2.15. The fourth-order valence-electron chi connectivity index (χ4n) is 2.23. The summed E-state index contributed by atoms with van der Waals surface area (Å²) in [6.45, 7) is 1.70. The average Bonchev–Trinajstić information content (AvgIpc) is 2.50. The van der Waals surface area contributed by atoms with Crippen LogP contribution < -0.4 is 9.47 Å². The highest BCUT2D eigenvalue weighted by Crippen LogP contribution is 2.38. The number of ketones is 1. The number of Topliss-reactive ketones (excluding diaryl/α,β-unsaturated/α-hetero) is 1. The molecule has 0 fully saturated rings. The lowest BCUT2D eigenvalue weighted by Crippen LogP contribution is -2.07. The summed E-state index contributed by atoms with van der Waals surface area (Å²) < 4.78 is 10.4. The Morgan fingerprint density at radius 2 is 1.71 bits per heavy atom. The van der Waals surface area contributed by atoms with Gasteiger partial charge in [0.05, 0.1) is 14.2 Å². The van der Waals surface area contributed by atoms with E-state index in [9.17, 15) is 9.90 Å². The van der Waals surface area contributed by atoms with E-state index in [4.69, 9.17) is 9.47 Å². The van der Waals surface area contributed by atoms with Gasteiger partial charge in [0.15, 0.2) is 5.78 Å². The second-order valence-electron chi connectivity index (χ2n) is 4.72. The summed E-state index contributed by atoms with van der Waals surface area (Å²) >= 11 is 0. The molecule has 0 amide bonds. The molecule has 21 heavy (non-hydrogen) atoms. The second-order valence-corrected chi connectivity index (χ2v) is 4.72. The van der Waals surface area contributed by atoms with Gasteiger partial charge in [0.25, 0.3) is 0 Å². The molecule has 4 nitrogen and oxygen atoms in total. The van der Waals surface area contributed by atoms with Gasteiger partial charge in [0.1, 0.15) is 22.8 Å². The van der Waals surface area contributed by atoms with Gasteiger partial charge in [-0.05, 0) is 12.5 Å². The minimum absolute atomic E-state index is 0.0906. The van der Waals surface area contributed by atoms with E-state index >= 15 is 0 Å². The number of aromatic hydroxyl groups is 1. The summed E-state index contributed by atoms with van der Waals surface area (Å²) in [5.41, 5.74) is 1.60. The number of ether oxygens (including phenoxy) is 2. The summed E-state index contributed by atoms with van der Waals surface area (Å²) in [5, 5.41) is 10.3. The van der Waals surface area contributed by atoms with Crippen molar-refractivity contribution in [2.24, 2.45) is 0 Å². The number of carbonyl (C=O) groups excluding carboxylic acids is 1. The van der Waals surface area contributed by atoms with E-state index in [1.165, 1.54) is 14.2 Å². The van der Waals surface area contributed by atoms with Gasteiger partial charge in [0.2, 0.25) is 0 Å². The third-order valence-corrected chi connectivity index (χ3v) is 3.40. The molecule has 0 saturated carbocycles. The quantitative estimate of drug-likeness (QED) is 0.858. The van der Waals surface area contributed by atoms with Crippen LogP contribution in [0.5, 0.6) is 17.2 Å². The first-order valence-corrected chi connectivity index (χ1v) is 6.60. The van der Waals surface area contributed by atoms with Gasteiger partial charge in [-0.15, -0.1) is 0 Å². The zero-order valence-corrected chi connectivity index (χ0v) is 12.3. The number of hydrogen-bond acceptors (Lipinski definition) is 4. The van der Waals surface area contributed by atoms with Gasteiger partial charge in [-0.25, -0.2) is 0 Å². The van der Waals surface area contributed by atoms with Crippen molar-refractivity contribution in [3.63, 3.8) is 0 Å². The van der Waals surface area contributed by atoms with E-state index in [0.717, 1.165) is 5.56 Å². The molecule has 0 unspecified atom stereocenters. The van der Waals surface area contributed by atoms with E-state index in [-0.39, 0.29) is 23.5 Å². The van der Waals surface area contributed by atoms with Crippen molar-refractivity contribution < 1.29 is 19.4 Å². The smallest absolute Gasteiger partial charge is 0.174 e. The average molecular weight is 286 g/mol. The Hall–Kier alpha value is -2.49. The van der Waals surface area contributed by atoms with Crippen molar-refractivity contribution in [1.29, 1.82) is 0 Å². The molecule has 0 bridgehead atoms. The maximum atomic E-state index is 12.5. The van der Waals surface area contributed by atoms with Crippen molar-refractivity contribution >= 4 is 5.78 Å². The monoisotopic (exact) mass is 286 g/mol. The molecule has 0 saturated heterocycles. The Kier molecular flexibility index (Phi) is 4.48. The van der Waals surface area contributed by atoms with Crippen LogP contribution in [0, 0.1) is 6.92 Å². The molecule has 0 aliphatic carbocycles. The molecule has 0 aromatic heterocycles. The molecule has 0 atom stereocenters. The maximum Gasteiger partial charge on any atom is 0.174 e. The SMILES string of the molecule is COc1cc(OC)c(C(=O)Cc2ccccc2)c(O)c1C.